The Balaban J connectivity index is 2.33. The summed E-state index contributed by atoms with van der Waals surface area (Å²) in [6, 6.07) is 2.07. The van der Waals surface area contributed by atoms with Crippen LogP contribution in [0.25, 0.3) is 5.95 Å². The smallest absolute Gasteiger partial charge is 0.257 e. The number of nitrogens with two attached hydrogens (primary N) is 1. The van der Waals surface area contributed by atoms with E-state index in [9.17, 15) is 0 Å². The van der Waals surface area contributed by atoms with Gasteiger partial charge in [-0.3, -0.25) is 0 Å². The number of aromatic nitrogens is 5. The van der Waals surface area contributed by atoms with Crippen LogP contribution in [0.15, 0.2) is 18.5 Å². The molecule has 0 saturated carbocycles. The number of anilines is 2. The average molecular weight is 290 g/mol. The summed E-state index contributed by atoms with van der Waals surface area (Å²) in [7, 11) is 4.09. The second-order valence-electron chi connectivity index (χ2n) is 5.14. The van der Waals surface area contributed by atoms with E-state index < -0.39 is 0 Å². The van der Waals surface area contributed by atoms with E-state index in [1.54, 1.807) is 17.1 Å². The Morgan fingerprint density at radius 1 is 1.29 bits per heavy atom. The van der Waals surface area contributed by atoms with Crippen molar-refractivity contribution < 1.29 is 0 Å². The van der Waals surface area contributed by atoms with Gasteiger partial charge in [0.05, 0.1) is 0 Å². The Morgan fingerprint density at radius 2 is 2.05 bits per heavy atom. The van der Waals surface area contributed by atoms with Crippen LogP contribution < -0.4 is 10.6 Å². The van der Waals surface area contributed by atoms with Crippen LogP contribution >= 0.6 is 0 Å². The highest BCUT2D eigenvalue weighted by Crippen LogP contribution is 2.14. The zero-order valence-corrected chi connectivity index (χ0v) is 12.9. The Labute approximate surface area is 124 Å². The van der Waals surface area contributed by atoms with Gasteiger partial charge in [-0.25, -0.2) is 4.68 Å². The van der Waals surface area contributed by atoms with E-state index in [0.29, 0.717) is 11.9 Å². The summed E-state index contributed by atoms with van der Waals surface area (Å²) in [4.78, 5) is 17.1. The van der Waals surface area contributed by atoms with Crippen LogP contribution in [0, 0.1) is 0 Å². The van der Waals surface area contributed by atoms with Crippen molar-refractivity contribution in [3.63, 3.8) is 0 Å². The summed E-state index contributed by atoms with van der Waals surface area (Å²) in [5.41, 5.74) is 5.82. The molecule has 1 atom stereocenters. The predicted molar refractivity (Wildman–Crippen MR) is 82.4 cm³/mol. The van der Waals surface area contributed by atoms with Crippen molar-refractivity contribution in [3.8, 4) is 5.95 Å². The first-order valence-electron chi connectivity index (χ1n) is 6.94. The minimum absolute atomic E-state index is 0.195. The van der Waals surface area contributed by atoms with E-state index >= 15 is 0 Å². The normalized spacial score (nSPS) is 12.6. The molecule has 0 radical (unpaired) electrons. The Bertz CT molecular complexity index is 566. The molecule has 2 aromatic rings. The van der Waals surface area contributed by atoms with Crippen LogP contribution in [0.3, 0.4) is 0 Å². The third-order valence-corrected chi connectivity index (χ3v) is 3.10. The third kappa shape index (κ3) is 3.66. The molecule has 0 bridgehead atoms. The molecule has 2 rings (SSSR count). The molecule has 8 nitrogen and oxygen atoms in total. The molecule has 0 aliphatic heterocycles. The van der Waals surface area contributed by atoms with Crippen LogP contribution in [0.2, 0.25) is 0 Å². The van der Waals surface area contributed by atoms with Crippen LogP contribution in [0.4, 0.5) is 11.9 Å². The molecule has 2 aromatic heterocycles. The molecular weight excluding hydrogens is 268 g/mol. The Morgan fingerprint density at radius 3 is 2.62 bits per heavy atom. The lowest BCUT2D eigenvalue weighted by molar-refractivity contribution is 0.371. The van der Waals surface area contributed by atoms with Crippen LogP contribution in [-0.2, 0) is 0 Å². The first-order chi connectivity index (χ1) is 10.0. The Kier molecular flexibility index (Phi) is 4.69. The first kappa shape index (κ1) is 15.2. The first-order valence-corrected chi connectivity index (χ1v) is 6.94. The zero-order chi connectivity index (χ0) is 15.4. The highest BCUT2D eigenvalue weighted by atomic mass is 15.4. The molecule has 114 valence electrons. The summed E-state index contributed by atoms with van der Waals surface area (Å²) in [6.45, 7) is 5.89. The van der Waals surface area contributed by atoms with Crippen molar-refractivity contribution in [2.75, 3.05) is 37.8 Å². The summed E-state index contributed by atoms with van der Waals surface area (Å²) >= 11 is 0. The summed E-state index contributed by atoms with van der Waals surface area (Å²) in [5.74, 6) is 1.20. The van der Waals surface area contributed by atoms with Crippen molar-refractivity contribution >= 4 is 11.9 Å². The van der Waals surface area contributed by atoms with E-state index in [4.69, 9.17) is 5.73 Å². The van der Waals surface area contributed by atoms with E-state index in [1.165, 1.54) is 0 Å². The Hall–Kier alpha value is -2.22. The molecule has 1 unspecified atom stereocenters. The fourth-order valence-electron chi connectivity index (χ4n) is 2.26. The van der Waals surface area contributed by atoms with Gasteiger partial charge in [0.15, 0.2) is 0 Å². The number of nitrogen functional groups attached to an aromatic ring is 1. The van der Waals surface area contributed by atoms with Crippen molar-refractivity contribution in [1.82, 2.24) is 29.6 Å². The average Bonchev–Trinajstić information content (AvgIpc) is 2.91. The minimum Gasteiger partial charge on any atom is -0.368 e. The highest BCUT2D eigenvalue weighted by molar-refractivity contribution is 5.38. The standard InChI is InChI=1S/C13H22N8/c1-5-20(10(2)9-19(3)4)12-16-11(14)17-13(18-12)21-8-6-7-15-21/h6-8,10H,5,9H2,1-4H3,(H2,14,16,17,18). The second kappa shape index (κ2) is 6.49. The van der Waals surface area contributed by atoms with Gasteiger partial charge in [0.1, 0.15) is 0 Å². The number of hydrogen-bond donors (Lipinski definition) is 1. The molecular formula is C13H22N8. The molecule has 0 aromatic carbocycles. The monoisotopic (exact) mass is 290 g/mol. The molecule has 2 N–H and O–H groups in total. The van der Waals surface area contributed by atoms with E-state index in [0.717, 1.165) is 13.1 Å². The van der Waals surface area contributed by atoms with Gasteiger partial charge in [0, 0.05) is 31.5 Å². The number of nitrogens with zero attached hydrogens (tertiary/aromatic N) is 7. The number of likely N-dealkylation sites (N-methyl/N-ethyl adjacent to an activating group) is 2. The lowest BCUT2D eigenvalue weighted by Crippen LogP contribution is -2.41. The lowest BCUT2D eigenvalue weighted by atomic mass is 10.3. The molecule has 21 heavy (non-hydrogen) atoms. The van der Waals surface area contributed by atoms with Gasteiger partial charge in [0.25, 0.3) is 5.95 Å². The van der Waals surface area contributed by atoms with Gasteiger partial charge in [-0.05, 0) is 34.0 Å². The molecule has 0 aliphatic carbocycles. The topological polar surface area (TPSA) is 89.0 Å². The van der Waals surface area contributed by atoms with Crippen molar-refractivity contribution in [2.45, 2.75) is 19.9 Å². The maximum absolute atomic E-state index is 5.82. The third-order valence-electron chi connectivity index (χ3n) is 3.10. The number of rotatable bonds is 6. The van der Waals surface area contributed by atoms with Gasteiger partial charge in [-0.1, -0.05) is 0 Å². The molecule has 0 fully saturated rings. The quantitative estimate of drug-likeness (QED) is 0.824. The summed E-state index contributed by atoms with van der Waals surface area (Å²) in [6.07, 6.45) is 3.45. The SMILES string of the molecule is CCN(c1nc(N)nc(-n2cccn2)n1)C(C)CN(C)C. The molecule has 0 amide bonds. The van der Waals surface area contributed by atoms with E-state index in [-0.39, 0.29) is 12.0 Å². The second-order valence-corrected chi connectivity index (χ2v) is 5.14. The fraction of sp³-hybridized carbons (Fsp3) is 0.538. The predicted octanol–water partition coefficient (Wildman–Crippen LogP) is 0.416. The van der Waals surface area contributed by atoms with Gasteiger partial charge in [0.2, 0.25) is 11.9 Å². The van der Waals surface area contributed by atoms with E-state index in [1.807, 2.05) is 20.2 Å². The molecule has 8 heteroatoms. The largest absolute Gasteiger partial charge is 0.368 e. The fourth-order valence-corrected chi connectivity index (χ4v) is 2.26. The van der Waals surface area contributed by atoms with Gasteiger partial charge >= 0.3 is 0 Å². The van der Waals surface area contributed by atoms with Gasteiger partial charge < -0.3 is 15.5 Å². The molecule has 0 aliphatic rings. The van der Waals surface area contributed by atoms with Crippen LogP contribution in [-0.4, -0.2) is 62.9 Å². The maximum Gasteiger partial charge on any atom is 0.257 e. The maximum atomic E-state index is 5.82. The highest BCUT2D eigenvalue weighted by Gasteiger charge is 2.18. The summed E-state index contributed by atoms with van der Waals surface area (Å²) < 4.78 is 1.58. The molecule has 0 spiro atoms. The van der Waals surface area contributed by atoms with Crippen LogP contribution in [0.5, 0.6) is 0 Å². The van der Waals surface area contributed by atoms with Crippen molar-refractivity contribution in [1.29, 1.82) is 0 Å². The van der Waals surface area contributed by atoms with E-state index in [2.05, 4.69) is 43.7 Å². The van der Waals surface area contributed by atoms with Crippen molar-refractivity contribution in [3.05, 3.63) is 18.5 Å². The van der Waals surface area contributed by atoms with Crippen LogP contribution in [0.1, 0.15) is 13.8 Å². The minimum atomic E-state index is 0.195. The molecule has 2 heterocycles. The van der Waals surface area contributed by atoms with Crippen molar-refractivity contribution in [2.24, 2.45) is 0 Å². The number of hydrogen-bond acceptors (Lipinski definition) is 7. The zero-order valence-electron chi connectivity index (χ0n) is 12.9. The van der Waals surface area contributed by atoms with Gasteiger partial charge in [-0.2, -0.15) is 20.1 Å². The summed E-state index contributed by atoms with van der Waals surface area (Å²) in [5, 5.41) is 4.13. The molecule has 0 saturated heterocycles. The van der Waals surface area contributed by atoms with Gasteiger partial charge in [-0.15, -0.1) is 0 Å². The lowest BCUT2D eigenvalue weighted by Gasteiger charge is -2.30.